The van der Waals surface area contributed by atoms with Gasteiger partial charge in [-0.25, -0.2) is 4.68 Å². The molecule has 9 heteroatoms. The van der Waals surface area contributed by atoms with Crippen molar-refractivity contribution in [3.63, 3.8) is 0 Å². The number of aromatic nitrogens is 3. The van der Waals surface area contributed by atoms with Crippen LogP contribution in [0.1, 0.15) is 5.69 Å². The molecule has 0 amide bonds. The second-order valence-corrected chi connectivity index (χ2v) is 6.78. The quantitative estimate of drug-likeness (QED) is 0.715. The zero-order chi connectivity index (χ0) is 11.1. The van der Waals surface area contributed by atoms with E-state index in [4.69, 9.17) is 58.0 Å². The van der Waals surface area contributed by atoms with E-state index in [-0.39, 0.29) is 5.69 Å². The summed E-state index contributed by atoms with van der Waals surface area (Å²) >= 11 is 31.8. The molecule has 3 nitrogen and oxygen atoms in total. The van der Waals surface area contributed by atoms with Gasteiger partial charge in [0.05, 0.1) is 0 Å². The van der Waals surface area contributed by atoms with E-state index < -0.39 is 8.13 Å². The van der Waals surface area contributed by atoms with Gasteiger partial charge in [-0.15, -0.1) is 5.10 Å². The van der Waals surface area contributed by atoms with Crippen LogP contribution < -0.4 is 0 Å². The molecule has 0 aromatic carbocycles. The van der Waals surface area contributed by atoms with Gasteiger partial charge in [0.1, 0.15) is 10.3 Å². The maximum Gasteiger partial charge on any atom is 0.228 e. The highest BCUT2D eigenvalue weighted by Crippen LogP contribution is 2.53. The Morgan fingerprint density at radius 2 is 1.71 bits per heavy atom. The molecule has 0 aliphatic carbocycles. The van der Waals surface area contributed by atoms with Crippen molar-refractivity contribution in [2.75, 3.05) is 0 Å². The monoisotopic (exact) mass is 359 g/mol. The van der Waals surface area contributed by atoms with Crippen LogP contribution in [0.2, 0.25) is 0 Å². The maximum absolute atomic E-state index is 5.88. The summed E-state index contributed by atoms with van der Waals surface area (Å²) in [5, 5.41) is 7.37. The van der Waals surface area contributed by atoms with Crippen LogP contribution in [-0.4, -0.2) is 18.8 Å². The van der Waals surface area contributed by atoms with Gasteiger partial charge in [0.25, 0.3) is 0 Å². The number of aryl methyl sites for hydroxylation is 1. The fourth-order valence-electron chi connectivity index (χ4n) is 0.672. The molecule has 1 aromatic heterocycles. The first-order chi connectivity index (χ1) is 6.18. The average molecular weight is 362 g/mol. The Morgan fingerprint density at radius 3 is 2.00 bits per heavy atom. The van der Waals surface area contributed by atoms with Gasteiger partial charge >= 0.3 is 0 Å². The second-order valence-electron chi connectivity index (χ2n) is 2.42. The molecule has 0 N–H and O–H groups in total. The molecule has 0 atom stereocenters. The lowest BCUT2D eigenvalue weighted by Gasteiger charge is -2.25. The lowest BCUT2D eigenvalue weighted by Crippen LogP contribution is -2.29. The molecule has 1 aromatic rings. The standard InChI is InChI=1S/C5H3BrCl5N3/c1-14-3(6)2(12-13-14)4(7,8)5(9,10)11/h1H3. The third kappa shape index (κ3) is 2.25. The van der Waals surface area contributed by atoms with Crippen LogP contribution in [0.15, 0.2) is 4.60 Å². The van der Waals surface area contributed by atoms with Crippen molar-refractivity contribution in [1.29, 1.82) is 0 Å². The molecular weight excluding hydrogens is 359 g/mol. The van der Waals surface area contributed by atoms with Gasteiger partial charge in [0, 0.05) is 7.05 Å². The second kappa shape index (κ2) is 4.15. The molecule has 14 heavy (non-hydrogen) atoms. The van der Waals surface area contributed by atoms with Gasteiger partial charge in [0.15, 0.2) is 0 Å². The van der Waals surface area contributed by atoms with Gasteiger partial charge in [0.2, 0.25) is 8.13 Å². The molecule has 0 unspecified atom stereocenters. The minimum Gasteiger partial charge on any atom is -0.241 e. The van der Waals surface area contributed by atoms with E-state index in [2.05, 4.69) is 26.2 Å². The molecule has 0 fully saturated rings. The SMILES string of the molecule is Cn1nnc(C(Cl)(Cl)C(Cl)(Cl)Cl)c1Br. The number of hydrogen-bond acceptors (Lipinski definition) is 2. The summed E-state index contributed by atoms with van der Waals surface area (Å²) in [4.78, 5) is 0. The van der Waals surface area contributed by atoms with E-state index in [0.717, 1.165) is 0 Å². The Bertz CT molecular complexity index is 344. The van der Waals surface area contributed by atoms with Crippen molar-refractivity contribution in [2.24, 2.45) is 7.05 Å². The topological polar surface area (TPSA) is 30.7 Å². The lowest BCUT2D eigenvalue weighted by atomic mass is 10.3. The minimum absolute atomic E-state index is 0.156. The van der Waals surface area contributed by atoms with E-state index in [1.807, 2.05) is 0 Å². The Kier molecular flexibility index (Phi) is 3.89. The van der Waals surface area contributed by atoms with Crippen LogP contribution in [0.3, 0.4) is 0 Å². The molecule has 1 heterocycles. The van der Waals surface area contributed by atoms with E-state index >= 15 is 0 Å². The number of rotatable bonds is 1. The largest absolute Gasteiger partial charge is 0.241 e. The lowest BCUT2D eigenvalue weighted by molar-refractivity contribution is 0.701. The number of hydrogen-bond donors (Lipinski definition) is 0. The Balaban J connectivity index is 3.23. The molecule has 1 rings (SSSR count). The highest BCUT2D eigenvalue weighted by molar-refractivity contribution is 9.10. The van der Waals surface area contributed by atoms with Crippen LogP contribution in [-0.2, 0) is 11.4 Å². The van der Waals surface area contributed by atoms with Crippen LogP contribution in [0, 0.1) is 0 Å². The molecule has 80 valence electrons. The van der Waals surface area contributed by atoms with Gasteiger partial charge in [-0.3, -0.25) is 0 Å². The van der Waals surface area contributed by atoms with E-state index in [0.29, 0.717) is 4.60 Å². The molecule has 0 radical (unpaired) electrons. The van der Waals surface area contributed by atoms with E-state index in [1.165, 1.54) is 4.68 Å². The third-order valence-electron chi connectivity index (χ3n) is 1.41. The van der Waals surface area contributed by atoms with Crippen molar-refractivity contribution in [1.82, 2.24) is 15.0 Å². The molecule has 0 saturated heterocycles. The van der Waals surface area contributed by atoms with Gasteiger partial charge in [-0.05, 0) is 15.9 Å². The summed E-state index contributed by atoms with van der Waals surface area (Å²) in [7, 11) is 1.64. The first-order valence-electron chi connectivity index (χ1n) is 3.18. The summed E-state index contributed by atoms with van der Waals surface area (Å²) in [5.74, 6) is 0. The minimum atomic E-state index is -1.89. The van der Waals surface area contributed by atoms with Crippen LogP contribution >= 0.6 is 73.9 Å². The highest BCUT2D eigenvalue weighted by atomic mass is 79.9. The zero-order valence-electron chi connectivity index (χ0n) is 6.61. The summed E-state index contributed by atoms with van der Waals surface area (Å²) in [6.45, 7) is 0. The molecule has 0 bridgehead atoms. The van der Waals surface area contributed by atoms with Crippen LogP contribution in [0.5, 0.6) is 0 Å². The highest BCUT2D eigenvalue weighted by Gasteiger charge is 2.50. The first-order valence-corrected chi connectivity index (χ1v) is 5.86. The molecule has 0 aliphatic rings. The maximum atomic E-state index is 5.88. The van der Waals surface area contributed by atoms with Crippen molar-refractivity contribution in [3.05, 3.63) is 10.3 Å². The molecular formula is C5H3BrCl5N3. The number of halogens is 6. The summed E-state index contributed by atoms with van der Waals surface area (Å²) in [6.07, 6.45) is 0. The molecule has 0 spiro atoms. The van der Waals surface area contributed by atoms with Crippen molar-refractivity contribution in [2.45, 2.75) is 8.13 Å². The van der Waals surface area contributed by atoms with Gasteiger partial charge < -0.3 is 0 Å². The van der Waals surface area contributed by atoms with E-state index in [1.54, 1.807) is 7.05 Å². The Labute approximate surface area is 114 Å². The fraction of sp³-hybridized carbons (Fsp3) is 0.600. The van der Waals surface area contributed by atoms with Crippen LogP contribution in [0.25, 0.3) is 0 Å². The summed E-state index contributed by atoms with van der Waals surface area (Å²) in [6, 6.07) is 0. The van der Waals surface area contributed by atoms with Crippen molar-refractivity contribution >= 4 is 73.9 Å². The average Bonchev–Trinajstić information content (AvgIpc) is 2.30. The van der Waals surface area contributed by atoms with Crippen molar-refractivity contribution in [3.8, 4) is 0 Å². The summed E-state index contributed by atoms with van der Waals surface area (Å²) in [5.41, 5.74) is 0.156. The smallest absolute Gasteiger partial charge is 0.228 e. The van der Waals surface area contributed by atoms with Crippen LogP contribution in [0.4, 0.5) is 0 Å². The summed E-state index contributed by atoms with van der Waals surface area (Å²) < 4.78 is -1.79. The van der Waals surface area contributed by atoms with Gasteiger partial charge in [-0.2, -0.15) is 0 Å². The first kappa shape index (κ1) is 13.1. The number of alkyl halides is 5. The van der Waals surface area contributed by atoms with E-state index in [9.17, 15) is 0 Å². The number of nitrogens with zero attached hydrogens (tertiary/aromatic N) is 3. The Morgan fingerprint density at radius 1 is 1.21 bits per heavy atom. The predicted octanol–water partition coefficient (Wildman–Crippen LogP) is 3.58. The Hall–Kier alpha value is 1.07. The predicted molar refractivity (Wildman–Crippen MR) is 62.4 cm³/mol. The molecule has 0 saturated carbocycles. The molecule has 0 aliphatic heterocycles. The fourth-order valence-corrected chi connectivity index (χ4v) is 1.87. The zero-order valence-corrected chi connectivity index (χ0v) is 12.0. The normalized spacial score (nSPS) is 13.4. The van der Waals surface area contributed by atoms with Gasteiger partial charge in [-0.1, -0.05) is 63.2 Å². The third-order valence-corrected chi connectivity index (χ3v) is 4.66. The van der Waals surface area contributed by atoms with Crippen molar-refractivity contribution < 1.29 is 0 Å².